The second-order valence-corrected chi connectivity index (χ2v) is 24.1. The molecule has 9 aliphatic rings. The van der Waals surface area contributed by atoms with Crippen LogP contribution in [0.5, 0.6) is 0 Å². The molecule has 0 aromatic carbocycles. The highest BCUT2D eigenvalue weighted by molar-refractivity contribution is 8.00. The fourth-order valence-electron chi connectivity index (χ4n) is 8.89. The van der Waals surface area contributed by atoms with Gasteiger partial charge in [0.2, 0.25) is 101 Å². The Bertz CT molecular complexity index is 2930. The van der Waals surface area contributed by atoms with Gasteiger partial charge >= 0.3 is 5.97 Å². The van der Waals surface area contributed by atoms with E-state index in [9.17, 15) is 81.8 Å². The highest BCUT2D eigenvalue weighted by Crippen LogP contribution is 2.24. The molecular formula is C51H75N21O17S3. The van der Waals surface area contributed by atoms with Gasteiger partial charge in [0, 0.05) is 109 Å². The summed E-state index contributed by atoms with van der Waals surface area (Å²) >= 11 is 3.09. The van der Waals surface area contributed by atoms with Crippen LogP contribution in [0.25, 0.3) is 0 Å². The standard InChI is InChI=1S/C51H75N21O17S3/c52-31-24-90-27-43(83)67-3-9-70(10-4-67)49-64-50-66-51(65-49)72-13-7-69(8-14-72)45(85)29-92-26-33(48(88)89)63-34(74)2-1-30(73)15-53-35(75)16-54-37(77)19-58-41(81)22-61-47(87)32(25-91-28-44(84)68-5-11-71(50)12-6-68)62-42(82)23-59-39(79)20-56-36(76)17-55-38(78)18-57-40(80)21-60-46(31)86/h31-33H,1-29,52H2,(H,53,75)(H,54,77)(H,55,78)(H,56,76)(H,57,80)(H,58,81)(H,59,79)(H,60,86)(H,61,87)(H,62,82)(H,63,74)(H,88,89)/t31-,32-,33-/m0/s1. The maximum absolute atomic E-state index is 13.7. The number of fused-ring (bicyclic) bond motifs is 2. The largest absolute Gasteiger partial charge is 0.480 e. The van der Waals surface area contributed by atoms with E-state index in [-0.39, 0.29) is 130 Å². The first-order valence-electron chi connectivity index (χ1n) is 29.1. The fourth-order valence-corrected chi connectivity index (χ4v) is 11.7. The molecule has 3 saturated heterocycles. The zero-order valence-corrected chi connectivity index (χ0v) is 52.5. The number of Topliss-reactive ketones (excluding diaryl/α,β-unsaturated/α-hetero) is 1. The molecule has 41 heteroatoms. The van der Waals surface area contributed by atoms with Gasteiger partial charge in [0.05, 0.1) is 82.2 Å². The number of hydrogen-bond donors (Lipinski definition) is 13. The lowest BCUT2D eigenvalue weighted by molar-refractivity contribution is -0.141. The van der Waals surface area contributed by atoms with E-state index in [4.69, 9.17) is 20.7 Å². The van der Waals surface area contributed by atoms with E-state index in [1.54, 1.807) is 14.7 Å². The summed E-state index contributed by atoms with van der Waals surface area (Å²) in [5.41, 5.74) is 6.05. The number of thioether (sulfide) groups is 3. The smallest absolute Gasteiger partial charge is 0.327 e. The number of carbonyl (C=O) groups excluding carboxylic acids is 15. The first-order chi connectivity index (χ1) is 44.0. The molecule has 38 nitrogen and oxygen atoms in total. The molecule has 0 unspecified atom stereocenters. The number of carboxylic acids is 1. The van der Waals surface area contributed by atoms with Gasteiger partial charge in [-0.15, -0.1) is 35.3 Å². The first kappa shape index (κ1) is 72.2. The van der Waals surface area contributed by atoms with Gasteiger partial charge in [-0.25, -0.2) is 4.79 Å². The van der Waals surface area contributed by atoms with Crippen molar-refractivity contribution in [2.45, 2.75) is 31.0 Å². The molecule has 504 valence electrons. The Balaban J connectivity index is 1.19. The van der Waals surface area contributed by atoms with E-state index >= 15 is 0 Å². The van der Waals surface area contributed by atoms with Crippen molar-refractivity contribution < 1.29 is 81.8 Å². The summed E-state index contributed by atoms with van der Waals surface area (Å²) in [4.78, 5) is 230. The monoisotopic (exact) mass is 1350 g/mol. The Hall–Kier alpha value is -8.86. The van der Waals surface area contributed by atoms with Gasteiger partial charge < -0.3 is 98.7 Å². The number of piperazine rings is 3. The van der Waals surface area contributed by atoms with Crippen molar-refractivity contribution in [2.75, 3.05) is 187 Å². The number of nitrogens with two attached hydrogens (primary N) is 1. The SMILES string of the molecule is N[C@H]1CSCC(=O)N2CCN(CC2)c2nc3nc(n2)N2CCN(CC2)C(=O)CSC[C@H](NC(=O)CNC(=O)CNC(=O)CNC(=O)CNC(=O)CNC1=O)C(=O)NCC(=O)NCC(=O)NCC(=O)NCC(=O)CCC(=O)N[C@H](C(=O)O)CSCC(=O)N1CCN3CC1. The van der Waals surface area contributed by atoms with Crippen LogP contribution < -0.4 is 78.9 Å². The van der Waals surface area contributed by atoms with E-state index in [0.717, 1.165) is 35.3 Å². The van der Waals surface area contributed by atoms with Gasteiger partial charge in [-0.3, -0.25) is 71.9 Å². The minimum absolute atomic E-state index is 0.0148. The molecule has 1 aromatic heterocycles. The lowest BCUT2D eigenvalue weighted by atomic mass is 10.2. The Morgan fingerprint density at radius 2 is 0.685 bits per heavy atom. The number of rotatable bonds is 1. The van der Waals surface area contributed by atoms with Crippen LogP contribution in [-0.4, -0.2) is 319 Å². The molecule has 10 bridgehead atoms. The van der Waals surface area contributed by atoms with Crippen LogP contribution in [0.1, 0.15) is 12.8 Å². The van der Waals surface area contributed by atoms with Crippen LogP contribution in [0.4, 0.5) is 17.8 Å². The number of aromatic nitrogens is 3. The third-order valence-corrected chi connectivity index (χ3v) is 17.2. The van der Waals surface area contributed by atoms with Gasteiger partial charge in [-0.2, -0.15) is 15.0 Å². The summed E-state index contributed by atoms with van der Waals surface area (Å²) in [6.45, 7) is -2.54. The van der Waals surface area contributed by atoms with E-state index in [1.165, 1.54) is 0 Å². The Labute approximate surface area is 538 Å². The molecule has 3 atom stereocenters. The van der Waals surface area contributed by atoms with Crippen molar-refractivity contribution in [3.8, 4) is 0 Å². The zero-order chi connectivity index (χ0) is 66.7. The quantitative estimate of drug-likeness (QED) is 0.124. The van der Waals surface area contributed by atoms with Crippen LogP contribution in [0.3, 0.4) is 0 Å². The number of carbonyl (C=O) groups is 16. The predicted octanol–water partition coefficient (Wildman–Crippen LogP) is -11.2. The number of anilines is 3. The van der Waals surface area contributed by atoms with Crippen molar-refractivity contribution in [2.24, 2.45) is 5.73 Å². The number of carboxylic acid groups (broad SMARTS) is 1. The average Bonchev–Trinajstić information content (AvgIpc) is 0.814. The molecule has 0 saturated carbocycles. The normalized spacial score (nSPS) is 23.4. The molecule has 10 rings (SSSR count). The lowest BCUT2D eigenvalue weighted by Gasteiger charge is -2.38. The molecule has 9 aliphatic heterocycles. The van der Waals surface area contributed by atoms with Crippen molar-refractivity contribution in [3.63, 3.8) is 0 Å². The molecule has 92 heavy (non-hydrogen) atoms. The summed E-state index contributed by atoms with van der Waals surface area (Å²) in [5, 5.41) is 35.1. The molecule has 0 radical (unpaired) electrons. The second kappa shape index (κ2) is 36.9. The van der Waals surface area contributed by atoms with Crippen molar-refractivity contribution in [1.29, 1.82) is 0 Å². The van der Waals surface area contributed by atoms with Crippen LogP contribution in [-0.2, 0) is 76.7 Å². The third-order valence-electron chi connectivity index (χ3n) is 14.1. The van der Waals surface area contributed by atoms with Crippen LogP contribution >= 0.6 is 35.3 Å². The Morgan fingerprint density at radius 1 is 0.370 bits per heavy atom. The second-order valence-electron chi connectivity index (χ2n) is 21.0. The van der Waals surface area contributed by atoms with Crippen molar-refractivity contribution >= 4 is 148 Å². The number of ketones is 1. The van der Waals surface area contributed by atoms with E-state index in [1.807, 2.05) is 14.7 Å². The highest BCUT2D eigenvalue weighted by atomic mass is 32.2. The van der Waals surface area contributed by atoms with Gasteiger partial charge in [-0.05, 0) is 0 Å². The minimum Gasteiger partial charge on any atom is -0.480 e. The summed E-state index contributed by atoms with van der Waals surface area (Å²) in [6.07, 6.45) is -0.798. The molecule has 1 aromatic rings. The van der Waals surface area contributed by atoms with Gasteiger partial charge in [-0.1, -0.05) is 0 Å². The molecule has 0 aliphatic carbocycles. The topological polar surface area (TPSA) is 510 Å². The predicted molar refractivity (Wildman–Crippen MR) is 329 cm³/mol. The maximum Gasteiger partial charge on any atom is 0.327 e. The zero-order valence-electron chi connectivity index (χ0n) is 50.0. The molecule has 10 heterocycles. The van der Waals surface area contributed by atoms with E-state index in [2.05, 4.69) is 58.5 Å². The van der Waals surface area contributed by atoms with Crippen molar-refractivity contribution in [3.05, 3.63) is 0 Å². The minimum atomic E-state index is -1.42. The van der Waals surface area contributed by atoms with Crippen LogP contribution in [0, 0.1) is 0 Å². The first-order valence-corrected chi connectivity index (χ1v) is 32.5. The third kappa shape index (κ3) is 24.7. The Morgan fingerprint density at radius 3 is 1.07 bits per heavy atom. The van der Waals surface area contributed by atoms with Gasteiger partial charge in [0.1, 0.15) is 12.1 Å². The molecule has 0 spiro atoms. The number of nitrogens with zero attached hydrogens (tertiary/aromatic N) is 9. The molecule has 14 N–H and O–H groups in total. The molecule has 14 amide bonds. The van der Waals surface area contributed by atoms with Crippen LogP contribution in [0.15, 0.2) is 0 Å². The molecular weight excluding hydrogens is 1270 g/mol. The highest BCUT2D eigenvalue weighted by Gasteiger charge is 2.32. The maximum atomic E-state index is 13.7. The number of amides is 14. The number of nitrogens with one attached hydrogen (secondary N) is 11. The lowest BCUT2D eigenvalue weighted by Crippen LogP contribution is -2.53. The van der Waals surface area contributed by atoms with E-state index in [0.29, 0.717) is 25.0 Å². The summed E-state index contributed by atoms with van der Waals surface area (Å²) in [6, 6.07) is -3.93. The number of hydrogen-bond acceptors (Lipinski definition) is 26. The van der Waals surface area contributed by atoms with Gasteiger partial charge in [0.25, 0.3) is 0 Å². The van der Waals surface area contributed by atoms with Crippen LogP contribution in [0.2, 0.25) is 0 Å². The summed E-state index contributed by atoms with van der Waals surface area (Å²) in [5.74, 6) is -11.7. The molecule has 3 fully saturated rings. The fraction of sp³-hybridized carbons (Fsp3) is 0.627. The number of aliphatic carboxylic acids is 1. The average molecular weight is 1350 g/mol. The van der Waals surface area contributed by atoms with E-state index < -0.39 is 160 Å². The van der Waals surface area contributed by atoms with Gasteiger partial charge in [0.15, 0.2) is 5.78 Å². The summed E-state index contributed by atoms with van der Waals surface area (Å²) in [7, 11) is 0. The van der Waals surface area contributed by atoms with Crippen molar-refractivity contribution in [1.82, 2.24) is 88.1 Å². The summed E-state index contributed by atoms with van der Waals surface area (Å²) < 4.78 is 0. The Kier molecular flexibility index (Phi) is 28.9.